The van der Waals surface area contributed by atoms with Gasteiger partial charge < -0.3 is 5.32 Å². The Hall–Kier alpha value is -3.25. The molecule has 1 amide bonds. The van der Waals surface area contributed by atoms with Crippen LogP contribution >= 0.6 is 11.3 Å². The molecule has 2 heterocycles. The largest absolute Gasteiger partial charge is 0.324 e. The summed E-state index contributed by atoms with van der Waals surface area (Å²) in [6.07, 6.45) is 1.45. The summed E-state index contributed by atoms with van der Waals surface area (Å²) in [6, 6.07) is 13.9. The van der Waals surface area contributed by atoms with Crippen LogP contribution in [0.3, 0.4) is 0 Å². The lowest BCUT2D eigenvalue weighted by atomic mass is 10.1. The third-order valence-electron chi connectivity index (χ3n) is 4.98. The number of fused-ring (bicyclic) bond motifs is 1. The lowest BCUT2D eigenvalue weighted by Crippen LogP contribution is -2.28. The monoisotopic (exact) mass is 403 g/mol. The average molecular weight is 404 g/mol. The molecule has 0 bridgehead atoms. The Kier molecular flexibility index (Phi) is 5.03. The van der Waals surface area contributed by atoms with Crippen LogP contribution in [0.2, 0.25) is 0 Å². The Bertz CT molecular complexity index is 1250. The van der Waals surface area contributed by atoms with Gasteiger partial charge in [0, 0.05) is 16.6 Å². The third-order valence-corrected chi connectivity index (χ3v) is 5.87. The minimum absolute atomic E-state index is 0.0846. The van der Waals surface area contributed by atoms with Gasteiger partial charge in [-0.2, -0.15) is 0 Å². The summed E-state index contributed by atoms with van der Waals surface area (Å²) < 4.78 is 1.37. The maximum Gasteiger partial charge on any atom is 0.263 e. The first-order chi connectivity index (χ1) is 13.9. The van der Waals surface area contributed by atoms with Crippen molar-refractivity contribution < 1.29 is 4.79 Å². The Balaban J connectivity index is 1.67. The number of para-hydroxylation sites is 1. The van der Waals surface area contributed by atoms with Crippen molar-refractivity contribution in [3.63, 3.8) is 0 Å². The highest BCUT2D eigenvalue weighted by Crippen LogP contribution is 2.30. The minimum Gasteiger partial charge on any atom is -0.324 e. The Morgan fingerprint density at radius 1 is 1.07 bits per heavy atom. The SMILES string of the molecule is Cc1ccc(-c2csc3ncn(CC(=O)Nc4c(C)cccc4C)c(=O)c23)cc1. The molecule has 0 saturated heterocycles. The number of amides is 1. The summed E-state index contributed by atoms with van der Waals surface area (Å²) in [5.41, 5.74) is 5.54. The van der Waals surface area contributed by atoms with Crippen LogP contribution < -0.4 is 10.9 Å². The van der Waals surface area contributed by atoms with Gasteiger partial charge in [-0.15, -0.1) is 11.3 Å². The molecule has 0 aliphatic heterocycles. The van der Waals surface area contributed by atoms with Crippen LogP contribution in [0, 0.1) is 20.8 Å². The van der Waals surface area contributed by atoms with Crippen molar-refractivity contribution in [3.05, 3.63) is 81.2 Å². The summed E-state index contributed by atoms with van der Waals surface area (Å²) in [5.74, 6) is -0.252. The van der Waals surface area contributed by atoms with Gasteiger partial charge in [-0.3, -0.25) is 14.2 Å². The van der Waals surface area contributed by atoms with Gasteiger partial charge in [-0.05, 0) is 37.5 Å². The molecule has 0 aliphatic rings. The van der Waals surface area contributed by atoms with Crippen LogP contribution in [0.25, 0.3) is 21.3 Å². The molecular weight excluding hydrogens is 382 g/mol. The predicted molar refractivity (Wildman–Crippen MR) is 119 cm³/mol. The molecule has 29 heavy (non-hydrogen) atoms. The minimum atomic E-state index is -0.252. The molecule has 0 saturated carbocycles. The highest BCUT2D eigenvalue weighted by atomic mass is 32.1. The molecule has 4 rings (SSSR count). The third kappa shape index (κ3) is 3.71. The maximum absolute atomic E-state index is 13.1. The molecule has 2 aromatic carbocycles. The van der Waals surface area contributed by atoms with Crippen LogP contribution in [-0.2, 0) is 11.3 Å². The van der Waals surface area contributed by atoms with E-state index in [0.717, 1.165) is 33.5 Å². The predicted octanol–water partition coefficient (Wildman–Crippen LogP) is 4.69. The fraction of sp³-hybridized carbons (Fsp3) is 0.174. The number of hydrogen-bond donors (Lipinski definition) is 1. The molecule has 4 aromatic rings. The number of carbonyl (C=O) groups is 1. The van der Waals surface area contributed by atoms with Crippen LogP contribution in [0.1, 0.15) is 16.7 Å². The van der Waals surface area contributed by atoms with E-state index < -0.39 is 0 Å². The first kappa shape index (κ1) is 19.1. The smallest absolute Gasteiger partial charge is 0.263 e. The molecule has 1 N–H and O–H groups in total. The van der Waals surface area contributed by atoms with Crippen molar-refractivity contribution in [2.75, 3.05) is 5.32 Å². The first-order valence-electron chi connectivity index (χ1n) is 9.34. The standard InChI is InChI=1S/C23H21N3O2S/c1-14-7-9-17(10-8-14)18-12-29-22-20(18)23(28)26(13-24-22)11-19(27)25-21-15(2)5-4-6-16(21)3/h4-10,12-13H,11H2,1-3H3,(H,25,27). The fourth-order valence-electron chi connectivity index (χ4n) is 3.37. The molecule has 0 spiro atoms. The molecular formula is C23H21N3O2S. The van der Waals surface area contributed by atoms with Gasteiger partial charge in [0.1, 0.15) is 11.4 Å². The zero-order valence-electron chi connectivity index (χ0n) is 16.5. The van der Waals surface area contributed by atoms with E-state index in [4.69, 9.17) is 0 Å². The molecule has 5 nitrogen and oxygen atoms in total. The zero-order chi connectivity index (χ0) is 20.5. The second-order valence-corrected chi connectivity index (χ2v) is 8.05. The van der Waals surface area contributed by atoms with Crippen LogP contribution in [-0.4, -0.2) is 15.5 Å². The van der Waals surface area contributed by atoms with E-state index >= 15 is 0 Å². The number of carbonyl (C=O) groups excluding carboxylic acids is 1. The van der Waals surface area contributed by atoms with Crippen LogP contribution in [0.4, 0.5) is 5.69 Å². The van der Waals surface area contributed by atoms with Gasteiger partial charge in [0.15, 0.2) is 0 Å². The van der Waals surface area contributed by atoms with Crippen LogP contribution in [0.15, 0.2) is 59.0 Å². The molecule has 0 fully saturated rings. The maximum atomic E-state index is 13.1. The van der Waals surface area contributed by atoms with Crippen molar-refractivity contribution in [1.29, 1.82) is 0 Å². The summed E-state index contributed by atoms with van der Waals surface area (Å²) >= 11 is 1.44. The van der Waals surface area contributed by atoms with Crippen molar-refractivity contribution in [3.8, 4) is 11.1 Å². The number of anilines is 1. The topological polar surface area (TPSA) is 64.0 Å². The first-order valence-corrected chi connectivity index (χ1v) is 10.2. The lowest BCUT2D eigenvalue weighted by molar-refractivity contribution is -0.116. The molecule has 2 aromatic heterocycles. The molecule has 0 radical (unpaired) electrons. The molecule has 0 atom stereocenters. The van der Waals surface area contributed by atoms with Gasteiger partial charge in [-0.25, -0.2) is 4.98 Å². The van der Waals surface area contributed by atoms with Gasteiger partial charge >= 0.3 is 0 Å². The molecule has 0 aliphatic carbocycles. The number of nitrogens with one attached hydrogen (secondary N) is 1. The van der Waals surface area contributed by atoms with E-state index in [1.807, 2.05) is 68.6 Å². The van der Waals surface area contributed by atoms with Crippen molar-refractivity contribution >= 4 is 33.1 Å². The Labute approximate surface area is 172 Å². The van der Waals surface area contributed by atoms with E-state index in [0.29, 0.717) is 10.2 Å². The van der Waals surface area contributed by atoms with E-state index in [1.54, 1.807) is 0 Å². The van der Waals surface area contributed by atoms with E-state index in [9.17, 15) is 9.59 Å². The quantitative estimate of drug-likeness (QED) is 0.538. The summed E-state index contributed by atoms with van der Waals surface area (Å²) in [6.45, 7) is 5.83. The van der Waals surface area contributed by atoms with Gasteiger partial charge in [0.25, 0.3) is 5.56 Å². The fourth-order valence-corrected chi connectivity index (χ4v) is 4.28. The molecule has 146 valence electrons. The highest BCUT2D eigenvalue weighted by Gasteiger charge is 2.15. The van der Waals surface area contributed by atoms with Gasteiger partial charge in [0.05, 0.1) is 11.7 Å². The number of benzene rings is 2. The van der Waals surface area contributed by atoms with Gasteiger partial charge in [0.2, 0.25) is 5.91 Å². The summed E-state index contributed by atoms with van der Waals surface area (Å²) in [5, 5.41) is 5.43. The number of hydrogen-bond acceptors (Lipinski definition) is 4. The normalized spacial score (nSPS) is 11.0. The number of thiophene rings is 1. The average Bonchev–Trinajstić information content (AvgIpc) is 3.13. The number of aromatic nitrogens is 2. The lowest BCUT2D eigenvalue weighted by Gasteiger charge is -2.12. The van der Waals surface area contributed by atoms with Gasteiger partial charge in [-0.1, -0.05) is 48.0 Å². The Morgan fingerprint density at radius 2 is 1.76 bits per heavy atom. The van der Waals surface area contributed by atoms with Crippen molar-refractivity contribution in [1.82, 2.24) is 9.55 Å². The van der Waals surface area contributed by atoms with Crippen LogP contribution in [0.5, 0.6) is 0 Å². The highest BCUT2D eigenvalue weighted by molar-refractivity contribution is 7.17. The molecule has 6 heteroatoms. The van der Waals surface area contributed by atoms with E-state index in [2.05, 4.69) is 10.3 Å². The number of nitrogens with zero attached hydrogens (tertiary/aromatic N) is 2. The van der Waals surface area contributed by atoms with E-state index in [-0.39, 0.29) is 18.0 Å². The number of rotatable bonds is 4. The second kappa shape index (κ2) is 7.64. The van der Waals surface area contributed by atoms with E-state index in [1.165, 1.54) is 22.2 Å². The summed E-state index contributed by atoms with van der Waals surface area (Å²) in [7, 11) is 0. The second-order valence-electron chi connectivity index (χ2n) is 7.19. The molecule has 0 unspecified atom stereocenters. The Morgan fingerprint density at radius 3 is 2.45 bits per heavy atom. The van der Waals surface area contributed by atoms with Crippen molar-refractivity contribution in [2.45, 2.75) is 27.3 Å². The zero-order valence-corrected chi connectivity index (χ0v) is 17.3. The number of aryl methyl sites for hydroxylation is 3. The van der Waals surface area contributed by atoms with Crippen molar-refractivity contribution in [2.24, 2.45) is 0 Å². The summed E-state index contributed by atoms with van der Waals surface area (Å²) in [4.78, 5) is 30.8.